The van der Waals surface area contributed by atoms with Gasteiger partial charge in [-0.1, -0.05) is 13.8 Å². The molecule has 0 saturated carbocycles. The number of imidazole rings is 1. The number of H-pyrrole nitrogens is 1. The summed E-state index contributed by atoms with van der Waals surface area (Å²) in [4.78, 5) is 61.5. The molecule has 0 radical (unpaired) electrons. The SMILES string of the molecule is CC(C)C(=O)Nc1nc2c(ncn2C2OC(COP(=O)(O)OP(=O)(O)O)C(O)C2OS(N)(=O)=O)c(=O)[nH]1. The molecule has 1 aliphatic heterocycles. The van der Waals surface area contributed by atoms with Crippen LogP contribution in [0.2, 0.25) is 0 Å². The smallest absolute Gasteiger partial charge is 0.387 e. The number of nitrogens with zero attached hydrogens (tertiary/aromatic N) is 3. The highest BCUT2D eigenvalue weighted by atomic mass is 32.2. The Morgan fingerprint density at radius 3 is 2.57 bits per heavy atom. The number of carbonyl (C=O) groups excluding carboxylic acids is 1. The van der Waals surface area contributed by atoms with Gasteiger partial charge in [0.1, 0.15) is 12.2 Å². The van der Waals surface area contributed by atoms with Crippen molar-refractivity contribution in [2.75, 3.05) is 11.9 Å². The van der Waals surface area contributed by atoms with Gasteiger partial charge in [-0.3, -0.25) is 29.0 Å². The summed E-state index contributed by atoms with van der Waals surface area (Å²) in [6.07, 6.45) is -6.17. The van der Waals surface area contributed by atoms with Crippen LogP contribution >= 0.6 is 15.6 Å². The molecule has 0 spiro atoms. The lowest BCUT2D eigenvalue weighted by Gasteiger charge is -2.20. The number of aliphatic hydroxyl groups excluding tert-OH is 1. The molecule has 1 saturated heterocycles. The second-order valence-electron chi connectivity index (χ2n) is 7.83. The maximum absolute atomic E-state index is 12.4. The Morgan fingerprint density at radius 2 is 2.00 bits per heavy atom. The molecule has 2 aromatic heterocycles. The molecule has 1 amide bonds. The second kappa shape index (κ2) is 10.6. The average Bonchev–Trinajstić information content (AvgIpc) is 3.25. The molecular weight excluding hydrogens is 570 g/mol. The first-order chi connectivity index (χ1) is 16.9. The first-order valence-corrected chi connectivity index (χ1v) is 14.4. The van der Waals surface area contributed by atoms with Gasteiger partial charge in [-0.05, 0) is 0 Å². The highest BCUT2D eigenvalue weighted by molar-refractivity contribution is 7.84. The maximum atomic E-state index is 12.4. The van der Waals surface area contributed by atoms with Crippen LogP contribution in [0.3, 0.4) is 0 Å². The van der Waals surface area contributed by atoms with E-state index in [1.807, 2.05) is 0 Å². The second-order valence-corrected chi connectivity index (χ2v) is 11.8. The van der Waals surface area contributed by atoms with Crippen molar-refractivity contribution in [3.63, 3.8) is 0 Å². The van der Waals surface area contributed by atoms with E-state index in [0.29, 0.717) is 0 Å². The van der Waals surface area contributed by atoms with Gasteiger partial charge in [0, 0.05) is 5.92 Å². The number of nitrogens with one attached hydrogen (secondary N) is 2. The topological polar surface area (TPSA) is 305 Å². The number of hydrogen-bond acceptors (Lipinski definition) is 13. The summed E-state index contributed by atoms with van der Waals surface area (Å²) < 4.78 is 65.0. The standard InChI is InChI=1S/C14H22N6O14P2S/c1-5(2)11(22)18-14-17-10-7(12(23)19-14)16-4-20(10)13-9(33-37(15,29)30)8(21)6(32-13)3-31-36(27,28)34-35(24,25)26/h4-6,8-9,13,21H,3H2,1-2H3,(H,27,28)(H2,15,29,30)(H2,24,25,26)(H2,17,18,19,22,23). The molecule has 3 rings (SSSR count). The third-order valence-electron chi connectivity index (χ3n) is 4.64. The van der Waals surface area contributed by atoms with E-state index in [0.717, 1.165) is 10.9 Å². The number of phosphoric ester groups is 1. The molecule has 0 aliphatic carbocycles. The predicted molar refractivity (Wildman–Crippen MR) is 118 cm³/mol. The minimum absolute atomic E-state index is 0.262. The van der Waals surface area contributed by atoms with Crippen molar-refractivity contribution in [3.8, 4) is 0 Å². The van der Waals surface area contributed by atoms with E-state index in [1.165, 1.54) is 0 Å². The average molecular weight is 592 g/mol. The number of anilines is 1. The summed E-state index contributed by atoms with van der Waals surface area (Å²) in [7, 11) is -15.6. The number of aromatic amines is 1. The van der Waals surface area contributed by atoms with Crippen LogP contribution in [-0.4, -0.2) is 78.5 Å². The molecule has 0 bridgehead atoms. The van der Waals surface area contributed by atoms with Gasteiger partial charge in [0.05, 0.1) is 12.9 Å². The number of carbonyl (C=O) groups is 1. The van der Waals surface area contributed by atoms with Gasteiger partial charge in [-0.2, -0.15) is 17.7 Å². The minimum atomic E-state index is -5.45. The van der Waals surface area contributed by atoms with Crippen molar-refractivity contribution in [1.29, 1.82) is 0 Å². The van der Waals surface area contributed by atoms with Crippen LogP contribution in [0.4, 0.5) is 5.95 Å². The lowest BCUT2D eigenvalue weighted by Crippen LogP contribution is -2.38. The molecule has 3 heterocycles. The fourth-order valence-electron chi connectivity index (χ4n) is 3.10. The molecule has 5 atom stereocenters. The summed E-state index contributed by atoms with van der Waals surface area (Å²) in [5.41, 5.74) is -1.35. The molecule has 23 heteroatoms. The van der Waals surface area contributed by atoms with Crippen LogP contribution in [0.1, 0.15) is 20.1 Å². The summed E-state index contributed by atoms with van der Waals surface area (Å²) in [5.74, 6) is -1.28. The van der Waals surface area contributed by atoms with Gasteiger partial charge in [-0.15, -0.1) is 0 Å². The molecule has 0 aromatic carbocycles. The van der Waals surface area contributed by atoms with Crippen LogP contribution < -0.4 is 16.0 Å². The van der Waals surface area contributed by atoms with E-state index in [2.05, 4.69) is 29.1 Å². The molecule has 8 N–H and O–H groups in total. The van der Waals surface area contributed by atoms with Crippen molar-refractivity contribution in [1.82, 2.24) is 19.5 Å². The molecule has 5 unspecified atom stereocenters. The van der Waals surface area contributed by atoms with Crippen LogP contribution in [0.25, 0.3) is 11.2 Å². The Morgan fingerprint density at radius 1 is 1.35 bits per heavy atom. The van der Waals surface area contributed by atoms with Crippen LogP contribution in [0.15, 0.2) is 11.1 Å². The number of nitrogens with two attached hydrogens (primary N) is 1. The van der Waals surface area contributed by atoms with E-state index in [4.69, 9.17) is 23.8 Å². The zero-order chi connectivity index (χ0) is 27.9. The number of aromatic nitrogens is 4. The summed E-state index contributed by atoms with van der Waals surface area (Å²) in [6, 6.07) is 0. The zero-order valence-corrected chi connectivity index (χ0v) is 21.4. The number of hydrogen-bond donors (Lipinski definition) is 7. The van der Waals surface area contributed by atoms with Crippen molar-refractivity contribution >= 4 is 49.0 Å². The van der Waals surface area contributed by atoms with E-state index in [9.17, 15) is 37.1 Å². The van der Waals surface area contributed by atoms with Crippen molar-refractivity contribution in [2.45, 2.75) is 38.4 Å². The predicted octanol–water partition coefficient (Wildman–Crippen LogP) is -2.21. The van der Waals surface area contributed by atoms with Crippen LogP contribution in [0, 0.1) is 5.92 Å². The molecular formula is C14H22N6O14P2S. The van der Waals surface area contributed by atoms with Gasteiger partial charge >= 0.3 is 25.9 Å². The van der Waals surface area contributed by atoms with Crippen LogP contribution in [-0.2, 0) is 42.0 Å². The number of amides is 1. The first-order valence-electron chi connectivity index (χ1n) is 9.93. The molecule has 1 fully saturated rings. The van der Waals surface area contributed by atoms with Crippen molar-refractivity contribution < 1.29 is 59.9 Å². The van der Waals surface area contributed by atoms with Gasteiger partial charge in [0.25, 0.3) is 5.56 Å². The van der Waals surface area contributed by atoms with Gasteiger partial charge in [0.15, 0.2) is 23.5 Å². The fourth-order valence-corrected chi connectivity index (χ4v) is 5.21. The Kier molecular flexibility index (Phi) is 8.40. The number of aliphatic hydroxyl groups is 1. The van der Waals surface area contributed by atoms with Gasteiger partial charge in [0.2, 0.25) is 11.9 Å². The summed E-state index contributed by atoms with van der Waals surface area (Å²) >= 11 is 0. The van der Waals surface area contributed by atoms with E-state index >= 15 is 0 Å². The maximum Gasteiger partial charge on any atom is 0.481 e. The summed E-state index contributed by atoms with van der Waals surface area (Å²) in [5, 5.41) is 17.9. The Bertz CT molecular complexity index is 1440. The highest BCUT2D eigenvalue weighted by Crippen LogP contribution is 2.57. The number of ether oxygens (including phenoxy) is 1. The highest BCUT2D eigenvalue weighted by Gasteiger charge is 2.49. The molecule has 2 aromatic rings. The molecule has 208 valence electrons. The third-order valence-corrected chi connectivity index (χ3v) is 7.28. The normalized spacial score (nSPS) is 24.4. The van der Waals surface area contributed by atoms with Crippen molar-refractivity contribution in [2.24, 2.45) is 11.1 Å². The Balaban J connectivity index is 1.97. The molecule has 20 nitrogen and oxygen atoms in total. The number of phosphoric acid groups is 2. The van der Waals surface area contributed by atoms with E-state index in [-0.39, 0.29) is 17.1 Å². The summed E-state index contributed by atoms with van der Waals surface area (Å²) in [6.45, 7) is 2.10. The fraction of sp³-hybridized carbons (Fsp3) is 0.571. The van der Waals surface area contributed by atoms with Crippen LogP contribution in [0.5, 0.6) is 0 Å². The monoisotopic (exact) mass is 592 g/mol. The number of fused-ring (bicyclic) bond motifs is 1. The lowest BCUT2D eigenvalue weighted by atomic mass is 10.1. The molecule has 37 heavy (non-hydrogen) atoms. The van der Waals surface area contributed by atoms with Gasteiger partial charge < -0.3 is 24.5 Å². The van der Waals surface area contributed by atoms with Gasteiger partial charge in [-0.25, -0.2) is 23.4 Å². The number of rotatable bonds is 10. The zero-order valence-electron chi connectivity index (χ0n) is 18.8. The van der Waals surface area contributed by atoms with E-state index < -0.39 is 74.5 Å². The van der Waals surface area contributed by atoms with Crippen molar-refractivity contribution in [3.05, 3.63) is 16.7 Å². The first kappa shape index (κ1) is 29.4. The lowest BCUT2D eigenvalue weighted by molar-refractivity contribution is -0.118. The minimum Gasteiger partial charge on any atom is -0.387 e. The van der Waals surface area contributed by atoms with E-state index in [1.54, 1.807) is 13.8 Å². The Labute approximate surface area is 206 Å². The largest absolute Gasteiger partial charge is 0.481 e. The molecule has 1 aliphatic rings. The quantitative estimate of drug-likeness (QED) is 0.144. The Hall–Kier alpha value is -2.13. The third kappa shape index (κ3) is 7.47.